The van der Waals surface area contributed by atoms with E-state index >= 15 is 0 Å². The van der Waals surface area contributed by atoms with Crippen molar-refractivity contribution in [3.05, 3.63) is 34.2 Å². The van der Waals surface area contributed by atoms with Crippen LogP contribution in [0.2, 0.25) is 0 Å². The molecule has 0 spiro atoms. The number of thiophene rings is 1. The van der Waals surface area contributed by atoms with Crippen LogP contribution in [0.1, 0.15) is 45.7 Å². The van der Waals surface area contributed by atoms with E-state index in [1.807, 2.05) is 42.6 Å². The lowest BCUT2D eigenvalue weighted by Crippen LogP contribution is -2.29. The number of rotatable bonds is 2. The van der Waals surface area contributed by atoms with Crippen LogP contribution in [0.5, 0.6) is 0 Å². The Morgan fingerprint density at radius 1 is 1.39 bits per heavy atom. The molecule has 3 aromatic rings. The van der Waals surface area contributed by atoms with E-state index < -0.39 is 0 Å². The SMILES string of the molecule is Cc1cc([C@@H]2CCCN2C(=O)c2cc3c(C)nn(C)c3s2)on1. The van der Waals surface area contributed by atoms with Crippen LogP contribution < -0.4 is 0 Å². The maximum Gasteiger partial charge on any atom is 0.264 e. The molecular formula is C16H18N4O2S. The summed E-state index contributed by atoms with van der Waals surface area (Å²) < 4.78 is 7.23. The predicted octanol–water partition coefficient (Wildman–Crippen LogP) is 3.22. The van der Waals surface area contributed by atoms with E-state index in [-0.39, 0.29) is 11.9 Å². The third-order valence-corrected chi connectivity index (χ3v) is 5.59. The van der Waals surface area contributed by atoms with Gasteiger partial charge in [-0.05, 0) is 32.8 Å². The van der Waals surface area contributed by atoms with Gasteiger partial charge in [0.25, 0.3) is 5.91 Å². The summed E-state index contributed by atoms with van der Waals surface area (Å²) in [6.45, 7) is 4.63. The molecule has 0 aliphatic carbocycles. The molecule has 0 N–H and O–H groups in total. The van der Waals surface area contributed by atoms with Crippen LogP contribution >= 0.6 is 11.3 Å². The van der Waals surface area contributed by atoms with Gasteiger partial charge < -0.3 is 9.42 Å². The normalized spacial score (nSPS) is 18.2. The van der Waals surface area contributed by atoms with Crippen molar-refractivity contribution >= 4 is 27.5 Å². The number of aromatic nitrogens is 3. The third kappa shape index (κ3) is 2.26. The van der Waals surface area contributed by atoms with E-state index in [0.717, 1.165) is 51.6 Å². The second-order valence-corrected chi connectivity index (χ2v) is 7.10. The van der Waals surface area contributed by atoms with Gasteiger partial charge in [-0.1, -0.05) is 5.16 Å². The summed E-state index contributed by atoms with van der Waals surface area (Å²) in [7, 11) is 1.91. The largest absolute Gasteiger partial charge is 0.359 e. The van der Waals surface area contributed by atoms with Crippen LogP contribution in [-0.4, -0.2) is 32.3 Å². The molecule has 0 aromatic carbocycles. The van der Waals surface area contributed by atoms with Crippen molar-refractivity contribution in [3.63, 3.8) is 0 Å². The number of hydrogen-bond donors (Lipinski definition) is 0. The Hall–Kier alpha value is -2.15. The van der Waals surface area contributed by atoms with Gasteiger partial charge in [0.2, 0.25) is 0 Å². The van der Waals surface area contributed by atoms with E-state index in [1.54, 1.807) is 0 Å². The maximum atomic E-state index is 13.0. The topological polar surface area (TPSA) is 64.2 Å². The quantitative estimate of drug-likeness (QED) is 0.724. The van der Waals surface area contributed by atoms with Gasteiger partial charge in [0.05, 0.1) is 22.3 Å². The highest BCUT2D eigenvalue weighted by Crippen LogP contribution is 2.36. The van der Waals surface area contributed by atoms with Crippen molar-refractivity contribution in [3.8, 4) is 0 Å². The summed E-state index contributed by atoms with van der Waals surface area (Å²) in [6, 6.07) is 3.88. The smallest absolute Gasteiger partial charge is 0.264 e. The van der Waals surface area contributed by atoms with E-state index in [9.17, 15) is 4.79 Å². The predicted molar refractivity (Wildman–Crippen MR) is 87.6 cm³/mol. The average Bonchev–Trinajstić information content (AvgIpc) is 3.26. The van der Waals surface area contributed by atoms with Crippen molar-refractivity contribution in [2.24, 2.45) is 7.05 Å². The first-order chi connectivity index (χ1) is 11.0. The van der Waals surface area contributed by atoms with Crippen LogP contribution in [0.15, 0.2) is 16.7 Å². The van der Waals surface area contributed by atoms with Crippen LogP contribution in [0, 0.1) is 13.8 Å². The van der Waals surface area contributed by atoms with Crippen LogP contribution in [0.3, 0.4) is 0 Å². The number of carbonyl (C=O) groups excluding carboxylic acids is 1. The molecule has 0 bridgehead atoms. The van der Waals surface area contributed by atoms with Crippen molar-refractivity contribution in [2.75, 3.05) is 6.54 Å². The molecule has 0 saturated carbocycles. The lowest BCUT2D eigenvalue weighted by atomic mass is 10.1. The highest BCUT2D eigenvalue weighted by molar-refractivity contribution is 7.20. The maximum absolute atomic E-state index is 13.0. The first kappa shape index (κ1) is 14.4. The number of aryl methyl sites for hydroxylation is 3. The summed E-state index contributed by atoms with van der Waals surface area (Å²) >= 11 is 1.51. The molecule has 120 valence electrons. The molecule has 4 rings (SSSR count). The standard InChI is InChI=1S/C16H18N4O2S/c1-9-7-13(22-18-9)12-5-4-6-20(12)15(21)14-8-11-10(2)17-19(3)16(11)23-14/h7-8,12H,4-6H2,1-3H3/t12-/m0/s1. The van der Waals surface area contributed by atoms with Gasteiger partial charge >= 0.3 is 0 Å². The summed E-state index contributed by atoms with van der Waals surface area (Å²) in [5, 5.41) is 9.41. The monoisotopic (exact) mass is 330 g/mol. The molecule has 1 atom stereocenters. The second kappa shape index (κ2) is 5.19. The van der Waals surface area contributed by atoms with Crippen molar-refractivity contribution in [1.29, 1.82) is 0 Å². The number of carbonyl (C=O) groups is 1. The Morgan fingerprint density at radius 3 is 2.91 bits per heavy atom. The highest BCUT2D eigenvalue weighted by atomic mass is 32.1. The lowest BCUT2D eigenvalue weighted by Gasteiger charge is -2.21. The molecule has 6 nitrogen and oxygen atoms in total. The molecule has 0 radical (unpaired) electrons. The lowest BCUT2D eigenvalue weighted by molar-refractivity contribution is 0.0719. The Labute approximate surface area is 137 Å². The van der Waals surface area contributed by atoms with Gasteiger partial charge in [-0.3, -0.25) is 9.48 Å². The van der Waals surface area contributed by atoms with Crippen molar-refractivity contribution in [1.82, 2.24) is 19.8 Å². The molecule has 23 heavy (non-hydrogen) atoms. The highest BCUT2D eigenvalue weighted by Gasteiger charge is 2.34. The summed E-state index contributed by atoms with van der Waals surface area (Å²) in [5.74, 6) is 0.856. The number of likely N-dealkylation sites (tertiary alicyclic amines) is 1. The minimum absolute atomic E-state index is 0.00636. The van der Waals surface area contributed by atoms with Crippen molar-refractivity contribution < 1.29 is 9.32 Å². The Bertz CT molecular complexity index is 857. The molecule has 7 heteroatoms. The number of amides is 1. The van der Waals surface area contributed by atoms with Crippen LogP contribution in [0.4, 0.5) is 0 Å². The minimum Gasteiger partial charge on any atom is -0.359 e. The zero-order chi connectivity index (χ0) is 16.1. The van der Waals surface area contributed by atoms with E-state index in [2.05, 4.69) is 10.3 Å². The first-order valence-electron chi connectivity index (χ1n) is 7.72. The Morgan fingerprint density at radius 2 is 2.22 bits per heavy atom. The van der Waals surface area contributed by atoms with Crippen LogP contribution in [-0.2, 0) is 7.05 Å². The van der Waals surface area contributed by atoms with Crippen LogP contribution in [0.25, 0.3) is 10.2 Å². The molecule has 1 aliphatic rings. The zero-order valence-corrected chi connectivity index (χ0v) is 14.2. The summed E-state index contributed by atoms with van der Waals surface area (Å²) in [5.41, 5.74) is 1.81. The second-order valence-electron chi connectivity index (χ2n) is 6.07. The van der Waals surface area contributed by atoms with Gasteiger partial charge in [0.1, 0.15) is 4.83 Å². The zero-order valence-electron chi connectivity index (χ0n) is 13.4. The molecule has 4 heterocycles. The molecule has 1 aliphatic heterocycles. The first-order valence-corrected chi connectivity index (χ1v) is 8.53. The van der Waals surface area contributed by atoms with Gasteiger partial charge in [0.15, 0.2) is 5.76 Å². The molecule has 1 amide bonds. The molecule has 1 saturated heterocycles. The van der Waals surface area contributed by atoms with Gasteiger partial charge in [-0.2, -0.15) is 5.10 Å². The third-order valence-electron chi connectivity index (χ3n) is 4.40. The molecule has 0 unspecified atom stereocenters. The summed E-state index contributed by atoms with van der Waals surface area (Å²) in [6.07, 6.45) is 1.91. The van der Waals surface area contributed by atoms with E-state index in [4.69, 9.17) is 4.52 Å². The van der Waals surface area contributed by atoms with E-state index in [1.165, 1.54) is 11.3 Å². The van der Waals surface area contributed by atoms with Gasteiger partial charge in [0, 0.05) is 25.0 Å². The Kier molecular flexibility index (Phi) is 3.26. The fraction of sp³-hybridized carbons (Fsp3) is 0.438. The van der Waals surface area contributed by atoms with Gasteiger partial charge in [-0.25, -0.2) is 0 Å². The fourth-order valence-electron chi connectivity index (χ4n) is 3.30. The van der Waals surface area contributed by atoms with Crippen molar-refractivity contribution in [2.45, 2.75) is 32.7 Å². The Balaban J connectivity index is 1.67. The van der Waals surface area contributed by atoms with Gasteiger partial charge in [-0.15, -0.1) is 11.3 Å². The number of hydrogen-bond acceptors (Lipinski definition) is 5. The molecule has 1 fully saturated rings. The number of fused-ring (bicyclic) bond motifs is 1. The van der Waals surface area contributed by atoms with E-state index in [0.29, 0.717) is 0 Å². The fourth-order valence-corrected chi connectivity index (χ4v) is 4.38. The molecular weight excluding hydrogens is 312 g/mol. The number of nitrogens with zero attached hydrogens (tertiary/aromatic N) is 4. The average molecular weight is 330 g/mol. The minimum atomic E-state index is -0.00636. The molecule has 3 aromatic heterocycles. The summed E-state index contributed by atoms with van der Waals surface area (Å²) in [4.78, 5) is 16.7.